The summed E-state index contributed by atoms with van der Waals surface area (Å²) in [5.74, 6) is -0.347. The van der Waals surface area contributed by atoms with E-state index in [1.165, 1.54) is 0 Å². The minimum atomic E-state index is -1.92. The van der Waals surface area contributed by atoms with E-state index in [1.807, 2.05) is 67.6 Å². The molecule has 2 aromatic carbocycles. The molecule has 0 aliphatic rings. The predicted octanol–water partition coefficient (Wildman–Crippen LogP) is 6.48. The van der Waals surface area contributed by atoms with Crippen molar-refractivity contribution in [2.45, 2.75) is 58.0 Å². The van der Waals surface area contributed by atoms with E-state index in [0.29, 0.717) is 6.47 Å². The average molecular weight is 452 g/mol. The van der Waals surface area contributed by atoms with Crippen LogP contribution in [0, 0.1) is 25.2 Å². The number of rotatable bonds is 15. The number of benzene rings is 2. The van der Waals surface area contributed by atoms with Gasteiger partial charge in [-0.3, -0.25) is 9.59 Å². The van der Waals surface area contributed by atoms with Crippen LogP contribution in [0.5, 0.6) is 0 Å². The second-order valence-corrected chi connectivity index (χ2v) is 12.7. The number of hydrogen-bond acceptors (Lipinski definition) is 4. The number of hydrogen-bond donors (Lipinski definition) is 0. The lowest BCUT2D eigenvalue weighted by molar-refractivity contribution is -0.132. The SMILES string of the molecule is CC[Si](CC)(CC)O[C@@H](c1ccccc1)[C@H](C)C(=O)[CH][CH][CH][C@H](OC=O)c1ccccc1. The number of Topliss-reactive ketones (excluding diaryl/α,β-unsaturated/α-hetero) is 1. The van der Waals surface area contributed by atoms with Gasteiger partial charge in [-0.1, -0.05) is 88.4 Å². The number of carbonyl (C=O) groups is 2. The van der Waals surface area contributed by atoms with E-state index in [9.17, 15) is 9.59 Å². The Bertz CT molecular complexity index is 797. The maximum absolute atomic E-state index is 13.1. The lowest BCUT2D eigenvalue weighted by atomic mass is 9.90. The smallest absolute Gasteiger partial charge is 0.293 e. The van der Waals surface area contributed by atoms with Crippen molar-refractivity contribution in [3.05, 3.63) is 91.1 Å². The standard InChI is InChI=1S/C27H35O4Si/c1-5-32(6-2,7-3)31-27(24-17-12-9-13-18-24)22(4)25(29)19-14-20-26(30-21-28)23-15-10-8-11-16-23/h8-22,26-27H,5-7H2,1-4H3/t22-,26+,27-/m1/s1. The van der Waals surface area contributed by atoms with Crippen molar-refractivity contribution >= 4 is 20.6 Å². The van der Waals surface area contributed by atoms with E-state index in [1.54, 1.807) is 19.3 Å². The maximum atomic E-state index is 13.1. The van der Waals surface area contributed by atoms with Crippen LogP contribution in [-0.4, -0.2) is 20.6 Å². The third-order valence-electron chi connectivity index (χ3n) is 6.22. The first-order chi connectivity index (χ1) is 15.5. The Morgan fingerprint density at radius 3 is 1.94 bits per heavy atom. The highest BCUT2D eigenvalue weighted by molar-refractivity contribution is 6.73. The Labute approximate surface area is 194 Å². The summed E-state index contributed by atoms with van der Waals surface area (Å²) in [5.41, 5.74) is 1.88. The molecule has 0 fully saturated rings. The van der Waals surface area contributed by atoms with Crippen molar-refractivity contribution in [3.8, 4) is 0 Å². The summed E-state index contributed by atoms with van der Waals surface area (Å²) in [6.45, 7) is 8.94. The van der Waals surface area contributed by atoms with E-state index in [0.717, 1.165) is 29.3 Å². The molecular weight excluding hydrogens is 416 g/mol. The Kier molecular flexibility index (Phi) is 10.8. The molecule has 32 heavy (non-hydrogen) atoms. The van der Waals surface area contributed by atoms with Gasteiger partial charge in [0.1, 0.15) is 11.9 Å². The molecule has 0 saturated carbocycles. The summed E-state index contributed by atoms with van der Waals surface area (Å²) in [6, 6.07) is 22.5. The van der Waals surface area contributed by atoms with Gasteiger partial charge in [-0.2, -0.15) is 0 Å². The van der Waals surface area contributed by atoms with Crippen molar-refractivity contribution < 1.29 is 18.8 Å². The van der Waals surface area contributed by atoms with Gasteiger partial charge in [0.05, 0.1) is 6.10 Å². The van der Waals surface area contributed by atoms with Gasteiger partial charge in [-0.15, -0.1) is 0 Å². The fourth-order valence-corrected chi connectivity index (χ4v) is 6.74. The first-order valence-electron chi connectivity index (χ1n) is 11.4. The molecule has 2 rings (SSSR count). The Morgan fingerprint density at radius 1 is 0.906 bits per heavy atom. The van der Waals surface area contributed by atoms with Crippen molar-refractivity contribution in [1.82, 2.24) is 0 Å². The van der Waals surface area contributed by atoms with Crippen LogP contribution < -0.4 is 0 Å². The molecule has 0 bridgehead atoms. The highest BCUT2D eigenvalue weighted by Gasteiger charge is 2.36. The molecule has 4 nitrogen and oxygen atoms in total. The van der Waals surface area contributed by atoms with Gasteiger partial charge in [0.2, 0.25) is 0 Å². The minimum Gasteiger partial charge on any atom is -0.459 e. The molecule has 0 heterocycles. The molecular formula is C27H35O4Si. The Balaban J connectivity index is 2.09. The number of ketones is 1. The molecule has 0 unspecified atom stereocenters. The van der Waals surface area contributed by atoms with E-state index in [4.69, 9.17) is 9.16 Å². The first kappa shape index (κ1) is 26.0. The predicted molar refractivity (Wildman–Crippen MR) is 131 cm³/mol. The second kappa shape index (κ2) is 13.3. The summed E-state index contributed by atoms with van der Waals surface area (Å²) < 4.78 is 12.0. The van der Waals surface area contributed by atoms with Crippen molar-refractivity contribution in [2.24, 2.45) is 5.92 Å². The van der Waals surface area contributed by atoms with Gasteiger partial charge in [0, 0.05) is 18.8 Å². The van der Waals surface area contributed by atoms with Gasteiger partial charge < -0.3 is 9.16 Å². The van der Waals surface area contributed by atoms with Crippen LogP contribution in [0.2, 0.25) is 18.1 Å². The third kappa shape index (κ3) is 7.14. The summed E-state index contributed by atoms with van der Waals surface area (Å²) in [4.78, 5) is 24.0. The first-order valence-corrected chi connectivity index (χ1v) is 13.9. The normalized spacial score (nSPS) is 14.4. The van der Waals surface area contributed by atoms with Crippen LogP contribution in [0.1, 0.15) is 51.0 Å². The topological polar surface area (TPSA) is 52.6 Å². The molecule has 0 aliphatic carbocycles. The summed E-state index contributed by atoms with van der Waals surface area (Å²) in [6.07, 6.45) is 4.13. The molecule has 0 spiro atoms. The van der Waals surface area contributed by atoms with Crippen molar-refractivity contribution in [2.75, 3.05) is 0 Å². The van der Waals surface area contributed by atoms with Crippen LogP contribution in [0.3, 0.4) is 0 Å². The Hall–Kier alpha value is -2.24. The van der Waals surface area contributed by atoms with Gasteiger partial charge >= 0.3 is 0 Å². The van der Waals surface area contributed by atoms with Crippen LogP contribution in [0.4, 0.5) is 0 Å². The van der Waals surface area contributed by atoms with Gasteiger partial charge in [0.15, 0.2) is 8.32 Å². The monoisotopic (exact) mass is 451 g/mol. The highest BCUT2D eigenvalue weighted by Crippen LogP contribution is 2.35. The van der Waals surface area contributed by atoms with Crippen LogP contribution in [0.25, 0.3) is 0 Å². The number of carbonyl (C=O) groups excluding carboxylic acids is 2. The zero-order chi connectivity index (χ0) is 23.4. The molecule has 0 saturated heterocycles. The van der Waals surface area contributed by atoms with Gasteiger partial charge in [0.25, 0.3) is 6.47 Å². The molecule has 3 radical (unpaired) electrons. The maximum Gasteiger partial charge on any atom is 0.293 e. The molecule has 0 aromatic heterocycles. The van der Waals surface area contributed by atoms with Crippen LogP contribution in [-0.2, 0) is 18.8 Å². The third-order valence-corrected chi connectivity index (χ3v) is 10.8. The van der Waals surface area contributed by atoms with Crippen LogP contribution in [0.15, 0.2) is 60.7 Å². The van der Waals surface area contributed by atoms with Gasteiger partial charge in [-0.25, -0.2) is 0 Å². The largest absolute Gasteiger partial charge is 0.459 e. The molecule has 0 aliphatic heterocycles. The quantitative estimate of drug-likeness (QED) is 0.230. The van der Waals surface area contributed by atoms with Crippen LogP contribution >= 0.6 is 0 Å². The molecule has 0 amide bonds. The van der Waals surface area contributed by atoms with E-state index >= 15 is 0 Å². The lowest BCUT2D eigenvalue weighted by Crippen LogP contribution is -2.40. The summed E-state index contributed by atoms with van der Waals surface area (Å²) in [7, 11) is -1.92. The zero-order valence-electron chi connectivity index (χ0n) is 19.6. The fourth-order valence-electron chi connectivity index (χ4n) is 3.86. The Morgan fingerprint density at radius 2 is 1.44 bits per heavy atom. The molecule has 2 aromatic rings. The van der Waals surface area contributed by atoms with E-state index in [2.05, 4.69) is 20.8 Å². The van der Waals surface area contributed by atoms with Gasteiger partial charge in [-0.05, 0) is 35.7 Å². The average Bonchev–Trinajstić information content (AvgIpc) is 2.85. The van der Waals surface area contributed by atoms with E-state index < -0.39 is 14.4 Å². The molecule has 5 heteroatoms. The fraction of sp³-hybridized carbons (Fsp3) is 0.370. The number of ether oxygens (including phenoxy) is 1. The minimum absolute atomic E-state index is 0.0146. The molecule has 3 atom stereocenters. The van der Waals surface area contributed by atoms with Crippen molar-refractivity contribution in [3.63, 3.8) is 0 Å². The lowest BCUT2D eigenvalue weighted by Gasteiger charge is -2.36. The summed E-state index contributed by atoms with van der Waals surface area (Å²) >= 11 is 0. The summed E-state index contributed by atoms with van der Waals surface area (Å²) in [5, 5.41) is 0. The highest BCUT2D eigenvalue weighted by atomic mass is 28.4. The van der Waals surface area contributed by atoms with E-state index in [-0.39, 0.29) is 17.8 Å². The second-order valence-electron chi connectivity index (χ2n) is 8.00. The zero-order valence-corrected chi connectivity index (χ0v) is 20.6. The molecule has 0 N–H and O–H groups in total. The molecule has 171 valence electrons. The van der Waals surface area contributed by atoms with Crippen molar-refractivity contribution in [1.29, 1.82) is 0 Å².